The normalized spacial score (nSPS) is 22.3. The number of amides is 1. The number of fused-ring (bicyclic) bond motifs is 1. The molecule has 0 saturated carbocycles. The Balaban J connectivity index is 1.46. The van der Waals surface area contributed by atoms with Gasteiger partial charge in [0.15, 0.2) is 5.79 Å². The van der Waals surface area contributed by atoms with Gasteiger partial charge in [0.2, 0.25) is 5.71 Å². The van der Waals surface area contributed by atoms with Gasteiger partial charge in [0.25, 0.3) is 5.91 Å². The zero-order valence-corrected chi connectivity index (χ0v) is 16.0. The monoisotopic (exact) mass is 388 g/mol. The fourth-order valence-electron chi connectivity index (χ4n) is 4.30. The number of morpholine rings is 1. The Morgan fingerprint density at radius 2 is 1.75 bits per heavy atom. The molecular weight excluding hydrogens is 364 g/mol. The SMILES string of the molecule is Cc1oc2ncnc(N3CCOCC3)c2c1C(=O)N1CCC2(CC1)OCCO2. The molecule has 28 heavy (non-hydrogen) atoms. The molecule has 0 unspecified atom stereocenters. The molecule has 9 heteroatoms. The number of aromatic nitrogens is 2. The molecule has 3 aliphatic heterocycles. The van der Waals surface area contributed by atoms with Crippen LogP contribution in [0.15, 0.2) is 10.7 Å². The average molecular weight is 388 g/mol. The van der Waals surface area contributed by atoms with E-state index in [1.165, 1.54) is 6.33 Å². The molecule has 3 fully saturated rings. The van der Waals surface area contributed by atoms with Crippen LogP contribution in [0.3, 0.4) is 0 Å². The zero-order chi connectivity index (χ0) is 19.1. The third-order valence-electron chi connectivity index (χ3n) is 5.79. The van der Waals surface area contributed by atoms with Crippen molar-refractivity contribution in [2.75, 3.05) is 57.5 Å². The first-order valence-electron chi connectivity index (χ1n) is 9.81. The molecule has 0 N–H and O–H groups in total. The summed E-state index contributed by atoms with van der Waals surface area (Å²) in [5.74, 6) is 0.758. The van der Waals surface area contributed by atoms with Crippen molar-refractivity contribution in [1.29, 1.82) is 0 Å². The maximum atomic E-state index is 13.4. The molecule has 9 nitrogen and oxygen atoms in total. The Kier molecular flexibility index (Phi) is 4.45. The lowest BCUT2D eigenvalue weighted by molar-refractivity contribution is -0.181. The van der Waals surface area contributed by atoms with Gasteiger partial charge in [-0.25, -0.2) is 9.97 Å². The highest BCUT2D eigenvalue weighted by atomic mass is 16.7. The quantitative estimate of drug-likeness (QED) is 0.762. The number of hydrogen-bond donors (Lipinski definition) is 0. The van der Waals surface area contributed by atoms with Gasteiger partial charge in [0.05, 0.1) is 37.4 Å². The van der Waals surface area contributed by atoms with Crippen molar-refractivity contribution in [1.82, 2.24) is 14.9 Å². The third kappa shape index (κ3) is 2.94. The van der Waals surface area contributed by atoms with Crippen molar-refractivity contribution in [3.05, 3.63) is 17.7 Å². The number of likely N-dealkylation sites (tertiary alicyclic amines) is 1. The fraction of sp³-hybridized carbons (Fsp3) is 0.632. The van der Waals surface area contributed by atoms with Crippen molar-refractivity contribution in [3.63, 3.8) is 0 Å². The molecule has 150 valence electrons. The van der Waals surface area contributed by atoms with Crippen LogP contribution in [0.2, 0.25) is 0 Å². The highest BCUT2D eigenvalue weighted by Gasteiger charge is 2.41. The second-order valence-electron chi connectivity index (χ2n) is 7.41. The molecule has 0 radical (unpaired) electrons. The lowest BCUT2D eigenvalue weighted by Gasteiger charge is -2.37. The summed E-state index contributed by atoms with van der Waals surface area (Å²) < 4.78 is 22.8. The van der Waals surface area contributed by atoms with E-state index in [1.807, 2.05) is 11.8 Å². The second-order valence-corrected chi connectivity index (χ2v) is 7.41. The number of nitrogens with zero attached hydrogens (tertiary/aromatic N) is 4. The Labute approximate surface area is 162 Å². The Hall–Kier alpha value is -2.23. The van der Waals surface area contributed by atoms with Crippen LogP contribution in [0.4, 0.5) is 5.82 Å². The van der Waals surface area contributed by atoms with Gasteiger partial charge in [-0.3, -0.25) is 4.79 Å². The minimum absolute atomic E-state index is 0.0478. The predicted octanol–water partition coefficient (Wildman–Crippen LogP) is 1.35. The molecule has 3 aliphatic rings. The molecular formula is C19H24N4O5. The van der Waals surface area contributed by atoms with E-state index < -0.39 is 5.79 Å². The van der Waals surface area contributed by atoms with Crippen LogP contribution in [0.25, 0.3) is 11.1 Å². The summed E-state index contributed by atoms with van der Waals surface area (Å²) in [7, 11) is 0. The lowest BCUT2D eigenvalue weighted by Crippen LogP contribution is -2.47. The smallest absolute Gasteiger partial charge is 0.258 e. The maximum Gasteiger partial charge on any atom is 0.258 e. The summed E-state index contributed by atoms with van der Waals surface area (Å²) in [5, 5.41) is 0.695. The van der Waals surface area contributed by atoms with E-state index in [2.05, 4.69) is 14.9 Å². The number of hydrogen-bond acceptors (Lipinski definition) is 8. The molecule has 1 amide bonds. The zero-order valence-electron chi connectivity index (χ0n) is 16.0. The van der Waals surface area contributed by atoms with Crippen LogP contribution < -0.4 is 4.90 Å². The summed E-state index contributed by atoms with van der Waals surface area (Å²) in [5.41, 5.74) is 1.01. The number of aryl methyl sites for hydroxylation is 1. The van der Waals surface area contributed by atoms with Crippen molar-refractivity contribution < 1.29 is 23.4 Å². The van der Waals surface area contributed by atoms with Crippen LogP contribution in [0.5, 0.6) is 0 Å². The summed E-state index contributed by atoms with van der Waals surface area (Å²) in [6.45, 7) is 6.97. The summed E-state index contributed by atoms with van der Waals surface area (Å²) >= 11 is 0. The molecule has 0 aromatic carbocycles. The molecule has 2 aromatic rings. The van der Waals surface area contributed by atoms with Gasteiger partial charge in [-0.2, -0.15) is 0 Å². The lowest BCUT2D eigenvalue weighted by atomic mass is 10.0. The number of piperidine rings is 1. The van der Waals surface area contributed by atoms with E-state index in [4.69, 9.17) is 18.6 Å². The van der Waals surface area contributed by atoms with Crippen molar-refractivity contribution in [3.8, 4) is 0 Å². The van der Waals surface area contributed by atoms with Crippen LogP contribution in [0.1, 0.15) is 29.0 Å². The first-order valence-corrected chi connectivity index (χ1v) is 9.81. The van der Waals surface area contributed by atoms with E-state index in [1.54, 1.807) is 0 Å². The summed E-state index contributed by atoms with van der Waals surface area (Å²) in [4.78, 5) is 26.1. The number of furan rings is 1. The number of carbonyl (C=O) groups excluding carboxylic acids is 1. The Morgan fingerprint density at radius 1 is 1.04 bits per heavy atom. The number of anilines is 1. The predicted molar refractivity (Wildman–Crippen MR) is 99.3 cm³/mol. The van der Waals surface area contributed by atoms with E-state index in [9.17, 15) is 4.79 Å². The molecule has 5 rings (SSSR count). The number of ether oxygens (including phenoxy) is 3. The van der Waals surface area contributed by atoms with Gasteiger partial charge in [-0.15, -0.1) is 0 Å². The Bertz CT molecular complexity index is 876. The van der Waals surface area contributed by atoms with Gasteiger partial charge in [-0.1, -0.05) is 0 Å². The fourth-order valence-corrected chi connectivity index (χ4v) is 4.30. The van der Waals surface area contributed by atoms with E-state index in [-0.39, 0.29) is 5.91 Å². The maximum absolute atomic E-state index is 13.4. The van der Waals surface area contributed by atoms with Gasteiger partial charge in [0.1, 0.15) is 17.9 Å². The van der Waals surface area contributed by atoms with Gasteiger partial charge in [-0.05, 0) is 6.92 Å². The van der Waals surface area contributed by atoms with Gasteiger partial charge >= 0.3 is 0 Å². The Morgan fingerprint density at radius 3 is 2.46 bits per heavy atom. The molecule has 1 spiro atoms. The minimum Gasteiger partial charge on any atom is -0.442 e. The average Bonchev–Trinajstić information content (AvgIpc) is 3.32. The molecule has 0 aliphatic carbocycles. The first-order chi connectivity index (χ1) is 13.7. The van der Waals surface area contributed by atoms with Crippen LogP contribution in [0, 0.1) is 6.92 Å². The highest BCUT2D eigenvalue weighted by Crippen LogP contribution is 2.35. The van der Waals surface area contributed by atoms with Crippen LogP contribution >= 0.6 is 0 Å². The largest absolute Gasteiger partial charge is 0.442 e. The molecule has 0 bridgehead atoms. The number of carbonyl (C=O) groups is 1. The molecule has 2 aromatic heterocycles. The molecule has 5 heterocycles. The number of rotatable bonds is 2. The minimum atomic E-state index is -0.508. The van der Waals surface area contributed by atoms with Crippen molar-refractivity contribution >= 4 is 22.8 Å². The standard InChI is InChI=1S/C19H24N4O5/c1-13-14(18(24)23-4-2-19(3-5-23)26-10-11-27-19)15-16(20-12-21-17(15)28-13)22-6-8-25-9-7-22/h12H,2-11H2,1H3. The van der Waals surface area contributed by atoms with Gasteiger partial charge in [0, 0.05) is 39.0 Å². The second kappa shape index (κ2) is 6.98. The van der Waals surface area contributed by atoms with E-state index >= 15 is 0 Å². The van der Waals surface area contributed by atoms with Crippen LogP contribution in [-0.2, 0) is 14.2 Å². The van der Waals surface area contributed by atoms with Crippen molar-refractivity contribution in [2.45, 2.75) is 25.6 Å². The topological polar surface area (TPSA) is 90.2 Å². The first kappa shape index (κ1) is 17.8. The summed E-state index contributed by atoms with van der Waals surface area (Å²) in [6.07, 6.45) is 2.85. The summed E-state index contributed by atoms with van der Waals surface area (Å²) in [6, 6.07) is 0. The van der Waals surface area contributed by atoms with Crippen molar-refractivity contribution in [2.24, 2.45) is 0 Å². The highest BCUT2D eigenvalue weighted by molar-refractivity contribution is 6.10. The third-order valence-corrected chi connectivity index (χ3v) is 5.79. The van der Waals surface area contributed by atoms with E-state index in [0.29, 0.717) is 74.8 Å². The molecule has 0 atom stereocenters. The van der Waals surface area contributed by atoms with E-state index in [0.717, 1.165) is 18.9 Å². The van der Waals surface area contributed by atoms with Gasteiger partial charge < -0.3 is 28.4 Å². The van der Waals surface area contributed by atoms with Crippen LogP contribution in [-0.4, -0.2) is 79.2 Å². The molecule has 3 saturated heterocycles.